The lowest BCUT2D eigenvalue weighted by Gasteiger charge is -2.21. The van der Waals surface area contributed by atoms with Crippen LogP contribution in [0.5, 0.6) is 0 Å². The molecular weight excluding hydrogens is 273 g/mol. The van der Waals surface area contributed by atoms with Crippen LogP contribution in [0.4, 0.5) is 5.69 Å². The third kappa shape index (κ3) is 1.82. The van der Waals surface area contributed by atoms with Gasteiger partial charge in [0.05, 0.1) is 0 Å². The molecule has 70 valence electrons. The first-order chi connectivity index (χ1) is 6.31. The summed E-state index contributed by atoms with van der Waals surface area (Å²) < 4.78 is 0.717. The molecule has 0 spiro atoms. The second-order valence-corrected chi connectivity index (χ2v) is 5.03. The Morgan fingerprint density at radius 2 is 2.31 bits per heavy atom. The summed E-state index contributed by atoms with van der Waals surface area (Å²) >= 11 is 2.55. The molecule has 2 rings (SSSR count). The Balaban J connectivity index is 2.41. The number of hydrogen-bond donors (Lipinski definition) is 1. The predicted molar refractivity (Wildman–Crippen MR) is 65.7 cm³/mol. The molecule has 0 saturated carbocycles. The molecule has 1 nitrogen and oxygen atoms in total. The van der Waals surface area contributed by atoms with Crippen molar-refractivity contribution in [2.45, 2.75) is 23.2 Å². The molecule has 0 aromatic heterocycles. The average molecular weight is 287 g/mol. The SMILES string of the molecule is CNc1ccc2c(c1)C(I)CCC2. The molecule has 0 amide bonds. The minimum absolute atomic E-state index is 0.717. The van der Waals surface area contributed by atoms with Crippen molar-refractivity contribution in [3.05, 3.63) is 29.3 Å². The van der Waals surface area contributed by atoms with E-state index in [1.165, 1.54) is 24.9 Å². The molecule has 2 heteroatoms. The monoisotopic (exact) mass is 287 g/mol. The second kappa shape index (κ2) is 3.86. The highest BCUT2D eigenvalue weighted by Crippen LogP contribution is 2.37. The zero-order valence-electron chi connectivity index (χ0n) is 7.81. The molecule has 1 aromatic rings. The van der Waals surface area contributed by atoms with E-state index in [2.05, 4.69) is 46.1 Å². The summed E-state index contributed by atoms with van der Waals surface area (Å²) in [5.74, 6) is 0. The van der Waals surface area contributed by atoms with E-state index in [-0.39, 0.29) is 0 Å². The first-order valence-electron chi connectivity index (χ1n) is 4.76. The van der Waals surface area contributed by atoms with Crippen LogP contribution in [0.2, 0.25) is 0 Å². The van der Waals surface area contributed by atoms with Gasteiger partial charge in [-0.2, -0.15) is 0 Å². The molecule has 1 atom stereocenters. The maximum atomic E-state index is 3.19. The van der Waals surface area contributed by atoms with Crippen LogP contribution in [-0.2, 0) is 6.42 Å². The van der Waals surface area contributed by atoms with Gasteiger partial charge in [0.1, 0.15) is 0 Å². The van der Waals surface area contributed by atoms with E-state index in [1.807, 2.05) is 7.05 Å². The summed E-state index contributed by atoms with van der Waals surface area (Å²) in [6, 6.07) is 6.74. The van der Waals surface area contributed by atoms with Crippen LogP contribution >= 0.6 is 22.6 Å². The van der Waals surface area contributed by atoms with Crippen molar-refractivity contribution in [2.75, 3.05) is 12.4 Å². The maximum absolute atomic E-state index is 3.19. The van der Waals surface area contributed by atoms with Crippen LogP contribution in [-0.4, -0.2) is 7.05 Å². The van der Waals surface area contributed by atoms with Crippen molar-refractivity contribution in [3.8, 4) is 0 Å². The highest BCUT2D eigenvalue weighted by atomic mass is 127. The second-order valence-electron chi connectivity index (χ2n) is 3.52. The number of alkyl halides is 1. The van der Waals surface area contributed by atoms with Gasteiger partial charge in [0.25, 0.3) is 0 Å². The van der Waals surface area contributed by atoms with Crippen LogP contribution in [0.3, 0.4) is 0 Å². The number of halogens is 1. The van der Waals surface area contributed by atoms with Crippen molar-refractivity contribution in [2.24, 2.45) is 0 Å². The molecular formula is C11H14IN. The van der Waals surface area contributed by atoms with E-state index < -0.39 is 0 Å². The van der Waals surface area contributed by atoms with Crippen LogP contribution < -0.4 is 5.32 Å². The van der Waals surface area contributed by atoms with Gasteiger partial charge >= 0.3 is 0 Å². The third-order valence-electron chi connectivity index (χ3n) is 2.68. The first-order valence-corrected chi connectivity index (χ1v) is 6.00. The summed E-state index contributed by atoms with van der Waals surface area (Å²) in [7, 11) is 1.98. The summed E-state index contributed by atoms with van der Waals surface area (Å²) in [6.07, 6.45) is 3.94. The van der Waals surface area contributed by atoms with Crippen molar-refractivity contribution in [1.82, 2.24) is 0 Å². The number of anilines is 1. The summed E-state index contributed by atoms with van der Waals surface area (Å²) in [5, 5.41) is 3.19. The standard InChI is InChI=1S/C11H14IN/c1-13-9-6-5-8-3-2-4-11(12)10(8)7-9/h5-7,11,13H,2-4H2,1H3. The van der Waals surface area contributed by atoms with Crippen molar-refractivity contribution in [1.29, 1.82) is 0 Å². The Hall–Kier alpha value is -0.250. The van der Waals surface area contributed by atoms with E-state index >= 15 is 0 Å². The molecule has 0 bridgehead atoms. The number of aryl methyl sites for hydroxylation is 1. The van der Waals surface area contributed by atoms with Gasteiger partial charge in [-0.1, -0.05) is 28.7 Å². The van der Waals surface area contributed by atoms with Gasteiger partial charge < -0.3 is 5.32 Å². The number of benzene rings is 1. The minimum Gasteiger partial charge on any atom is -0.388 e. The Labute approximate surface area is 93.1 Å². The largest absolute Gasteiger partial charge is 0.388 e. The van der Waals surface area contributed by atoms with E-state index in [4.69, 9.17) is 0 Å². The van der Waals surface area contributed by atoms with Gasteiger partial charge in [0.15, 0.2) is 0 Å². The van der Waals surface area contributed by atoms with Gasteiger partial charge in [-0.3, -0.25) is 0 Å². The highest BCUT2D eigenvalue weighted by molar-refractivity contribution is 14.1. The fourth-order valence-corrected chi connectivity index (χ4v) is 2.92. The smallest absolute Gasteiger partial charge is 0.0363 e. The molecule has 0 saturated heterocycles. The van der Waals surface area contributed by atoms with Gasteiger partial charge in [-0.15, -0.1) is 0 Å². The fourth-order valence-electron chi connectivity index (χ4n) is 1.90. The quantitative estimate of drug-likeness (QED) is 0.615. The molecule has 1 unspecified atom stereocenters. The zero-order valence-corrected chi connectivity index (χ0v) is 9.97. The van der Waals surface area contributed by atoms with Gasteiger partial charge in [0, 0.05) is 16.7 Å². The number of hydrogen-bond acceptors (Lipinski definition) is 1. The zero-order chi connectivity index (χ0) is 9.26. The van der Waals surface area contributed by atoms with Crippen LogP contribution in [0.25, 0.3) is 0 Å². The Kier molecular flexibility index (Phi) is 2.77. The molecule has 0 radical (unpaired) electrons. The molecule has 13 heavy (non-hydrogen) atoms. The average Bonchev–Trinajstić information content (AvgIpc) is 2.18. The van der Waals surface area contributed by atoms with E-state index in [9.17, 15) is 0 Å². The van der Waals surface area contributed by atoms with Crippen molar-refractivity contribution >= 4 is 28.3 Å². The molecule has 0 fully saturated rings. The number of fused-ring (bicyclic) bond motifs is 1. The molecule has 0 heterocycles. The van der Waals surface area contributed by atoms with Gasteiger partial charge in [-0.25, -0.2) is 0 Å². The first kappa shape index (κ1) is 9.31. The summed E-state index contributed by atoms with van der Waals surface area (Å²) in [4.78, 5) is 0. The Morgan fingerprint density at radius 1 is 1.46 bits per heavy atom. The lowest BCUT2D eigenvalue weighted by molar-refractivity contribution is 0.689. The molecule has 1 aliphatic carbocycles. The van der Waals surface area contributed by atoms with E-state index in [0.29, 0.717) is 0 Å². The Morgan fingerprint density at radius 3 is 3.08 bits per heavy atom. The predicted octanol–water partition coefficient (Wildman–Crippen LogP) is 3.54. The fraction of sp³-hybridized carbons (Fsp3) is 0.455. The lowest BCUT2D eigenvalue weighted by Crippen LogP contribution is -2.05. The van der Waals surface area contributed by atoms with Gasteiger partial charge in [0.2, 0.25) is 0 Å². The van der Waals surface area contributed by atoms with Crippen LogP contribution in [0.1, 0.15) is 27.9 Å². The van der Waals surface area contributed by atoms with Crippen molar-refractivity contribution < 1.29 is 0 Å². The van der Waals surface area contributed by atoms with E-state index in [0.717, 1.165) is 3.92 Å². The minimum atomic E-state index is 0.717. The molecule has 1 N–H and O–H groups in total. The molecule has 0 aliphatic heterocycles. The topological polar surface area (TPSA) is 12.0 Å². The normalized spacial score (nSPS) is 20.9. The number of nitrogens with one attached hydrogen (secondary N) is 1. The van der Waals surface area contributed by atoms with Crippen molar-refractivity contribution in [3.63, 3.8) is 0 Å². The van der Waals surface area contributed by atoms with Crippen LogP contribution in [0, 0.1) is 0 Å². The molecule has 1 aliphatic rings. The third-order valence-corrected chi connectivity index (χ3v) is 3.97. The van der Waals surface area contributed by atoms with Crippen LogP contribution in [0.15, 0.2) is 18.2 Å². The number of rotatable bonds is 1. The lowest BCUT2D eigenvalue weighted by atomic mass is 9.91. The van der Waals surface area contributed by atoms with E-state index in [1.54, 1.807) is 11.1 Å². The maximum Gasteiger partial charge on any atom is 0.0363 e. The highest BCUT2D eigenvalue weighted by Gasteiger charge is 2.17. The van der Waals surface area contributed by atoms with Gasteiger partial charge in [-0.05, 0) is 42.5 Å². The summed E-state index contributed by atoms with van der Waals surface area (Å²) in [5.41, 5.74) is 4.32. The molecule has 1 aromatic carbocycles. The Bertz CT molecular complexity index is 309. The summed E-state index contributed by atoms with van der Waals surface area (Å²) in [6.45, 7) is 0.